The highest BCUT2D eigenvalue weighted by Crippen LogP contribution is 2.27. The second kappa shape index (κ2) is 7.30. The highest BCUT2D eigenvalue weighted by Gasteiger charge is 2.14. The molecule has 0 amide bonds. The molecule has 0 bridgehead atoms. The number of methoxy groups -OCH3 is 1. The van der Waals surface area contributed by atoms with Gasteiger partial charge in [-0.15, -0.1) is 0 Å². The topological polar surface area (TPSA) is 26.3 Å². The Balaban J connectivity index is 2.17. The largest absolute Gasteiger partial charge is 0.496 e. The number of ketones is 1. The van der Waals surface area contributed by atoms with E-state index in [-0.39, 0.29) is 18.6 Å². The first-order valence-electron chi connectivity index (χ1n) is 6.28. The molecule has 0 saturated heterocycles. The molecule has 0 aromatic heterocycles. The van der Waals surface area contributed by atoms with E-state index in [1.807, 2.05) is 18.2 Å². The molecule has 5 heteroatoms. The van der Waals surface area contributed by atoms with Crippen molar-refractivity contribution in [3.8, 4) is 5.75 Å². The van der Waals surface area contributed by atoms with Crippen LogP contribution in [0.1, 0.15) is 11.1 Å². The minimum atomic E-state index is 0.0291. The Morgan fingerprint density at radius 2 is 1.81 bits per heavy atom. The first-order chi connectivity index (χ1) is 10.0. The van der Waals surface area contributed by atoms with Gasteiger partial charge in [-0.25, -0.2) is 0 Å². The van der Waals surface area contributed by atoms with Gasteiger partial charge in [-0.3, -0.25) is 4.79 Å². The van der Waals surface area contributed by atoms with Gasteiger partial charge in [-0.05, 0) is 35.9 Å². The van der Waals surface area contributed by atoms with Gasteiger partial charge in [0.1, 0.15) is 11.5 Å². The Bertz CT molecular complexity index is 651. The van der Waals surface area contributed by atoms with Crippen LogP contribution in [0.5, 0.6) is 5.75 Å². The predicted molar refractivity (Wildman–Crippen MR) is 89.6 cm³/mol. The molecular formula is C16H13BrCl2O2. The molecule has 21 heavy (non-hydrogen) atoms. The van der Waals surface area contributed by atoms with Crippen molar-refractivity contribution in [2.45, 2.75) is 12.8 Å². The van der Waals surface area contributed by atoms with Gasteiger partial charge in [0.15, 0.2) is 0 Å². The lowest BCUT2D eigenvalue weighted by molar-refractivity contribution is -0.117. The maximum atomic E-state index is 12.3. The minimum Gasteiger partial charge on any atom is -0.496 e. The van der Waals surface area contributed by atoms with Gasteiger partial charge in [-0.2, -0.15) is 0 Å². The summed E-state index contributed by atoms with van der Waals surface area (Å²) < 4.78 is 6.18. The van der Waals surface area contributed by atoms with Crippen LogP contribution in [0, 0.1) is 0 Å². The summed E-state index contributed by atoms with van der Waals surface area (Å²) in [5, 5.41) is 1.02. The molecule has 2 nitrogen and oxygen atoms in total. The van der Waals surface area contributed by atoms with Crippen LogP contribution < -0.4 is 4.74 Å². The molecule has 2 aromatic rings. The predicted octanol–water partition coefficient (Wildman–Crippen LogP) is 5.12. The zero-order valence-electron chi connectivity index (χ0n) is 11.3. The molecule has 110 valence electrons. The smallest absolute Gasteiger partial charge is 0.141 e. The third kappa shape index (κ3) is 4.22. The van der Waals surface area contributed by atoms with Gasteiger partial charge in [0.05, 0.1) is 7.11 Å². The van der Waals surface area contributed by atoms with E-state index >= 15 is 0 Å². The van der Waals surface area contributed by atoms with E-state index in [1.165, 1.54) is 0 Å². The summed E-state index contributed by atoms with van der Waals surface area (Å²) in [4.78, 5) is 12.3. The minimum absolute atomic E-state index is 0.0291. The normalized spacial score (nSPS) is 10.5. The average Bonchev–Trinajstić information content (AvgIpc) is 2.43. The van der Waals surface area contributed by atoms with Crippen molar-refractivity contribution in [3.63, 3.8) is 0 Å². The summed E-state index contributed by atoms with van der Waals surface area (Å²) >= 11 is 15.6. The lowest BCUT2D eigenvalue weighted by Gasteiger charge is -2.10. The SMILES string of the molecule is COc1ccc(Br)cc1CC(=O)Cc1c(Cl)cccc1Cl. The summed E-state index contributed by atoms with van der Waals surface area (Å²) in [7, 11) is 1.59. The Morgan fingerprint density at radius 1 is 1.14 bits per heavy atom. The van der Waals surface area contributed by atoms with Crippen molar-refractivity contribution >= 4 is 44.9 Å². The van der Waals surface area contributed by atoms with Crippen molar-refractivity contribution in [1.82, 2.24) is 0 Å². The van der Waals surface area contributed by atoms with Gasteiger partial charge >= 0.3 is 0 Å². The van der Waals surface area contributed by atoms with E-state index in [4.69, 9.17) is 27.9 Å². The molecule has 0 fully saturated rings. The van der Waals surface area contributed by atoms with E-state index < -0.39 is 0 Å². The van der Waals surface area contributed by atoms with Crippen LogP contribution in [0.3, 0.4) is 0 Å². The number of hydrogen-bond acceptors (Lipinski definition) is 2. The number of carbonyl (C=O) groups is 1. The van der Waals surface area contributed by atoms with E-state index in [2.05, 4.69) is 15.9 Å². The third-order valence-electron chi connectivity index (χ3n) is 3.07. The monoisotopic (exact) mass is 386 g/mol. The molecule has 2 aromatic carbocycles. The summed E-state index contributed by atoms with van der Waals surface area (Å²) in [6.45, 7) is 0. The van der Waals surface area contributed by atoms with Crippen LogP contribution in [0.2, 0.25) is 10.0 Å². The number of halogens is 3. The number of ether oxygens (including phenoxy) is 1. The molecular weight excluding hydrogens is 375 g/mol. The molecule has 0 atom stereocenters. The van der Waals surface area contributed by atoms with E-state index in [0.717, 1.165) is 10.0 Å². The van der Waals surface area contributed by atoms with Gasteiger partial charge in [0.2, 0.25) is 0 Å². The first kappa shape index (κ1) is 16.3. The van der Waals surface area contributed by atoms with Crippen molar-refractivity contribution in [1.29, 1.82) is 0 Å². The van der Waals surface area contributed by atoms with Gasteiger partial charge in [-0.1, -0.05) is 45.2 Å². The van der Waals surface area contributed by atoms with E-state index in [0.29, 0.717) is 21.4 Å². The van der Waals surface area contributed by atoms with Gasteiger partial charge in [0, 0.05) is 32.9 Å². The van der Waals surface area contributed by atoms with E-state index in [1.54, 1.807) is 25.3 Å². The summed E-state index contributed by atoms with van der Waals surface area (Å²) in [6.07, 6.45) is 0.471. The number of carbonyl (C=O) groups excluding carboxylic acids is 1. The van der Waals surface area contributed by atoms with Crippen LogP contribution in [0.25, 0.3) is 0 Å². The maximum absolute atomic E-state index is 12.3. The molecule has 0 heterocycles. The quantitative estimate of drug-likeness (QED) is 0.711. The molecule has 0 spiro atoms. The lowest BCUT2D eigenvalue weighted by atomic mass is 10.0. The molecule has 0 radical (unpaired) electrons. The summed E-state index contributed by atoms with van der Waals surface area (Å²) in [5.74, 6) is 0.721. The second-order valence-corrected chi connectivity index (χ2v) is 6.28. The Labute approximate surface area is 142 Å². The number of benzene rings is 2. The fourth-order valence-electron chi connectivity index (χ4n) is 2.06. The molecule has 0 aliphatic rings. The second-order valence-electron chi connectivity index (χ2n) is 4.55. The Kier molecular flexibility index (Phi) is 5.68. The molecule has 0 aliphatic heterocycles. The fraction of sp³-hybridized carbons (Fsp3) is 0.188. The van der Waals surface area contributed by atoms with Gasteiger partial charge in [0.25, 0.3) is 0 Å². The van der Waals surface area contributed by atoms with Crippen LogP contribution in [0.15, 0.2) is 40.9 Å². The first-order valence-corrected chi connectivity index (χ1v) is 7.83. The zero-order valence-corrected chi connectivity index (χ0v) is 14.4. The standard InChI is InChI=1S/C16H13BrCl2O2/c1-21-16-6-5-11(17)7-10(16)8-12(20)9-13-14(18)3-2-4-15(13)19/h2-7H,8-9H2,1H3. The maximum Gasteiger partial charge on any atom is 0.141 e. The summed E-state index contributed by atoms with van der Waals surface area (Å²) in [5.41, 5.74) is 1.50. The highest BCUT2D eigenvalue weighted by atomic mass is 79.9. The highest BCUT2D eigenvalue weighted by molar-refractivity contribution is 9.10. The molecule has 0 saturated carbocycles. The summed E-state index contributed by atoms with van der Waals surface area (Å²) in [6, 6.07) is 10.8. The molecule has 0 unspecified atom stereocenters. The zero-order chi connectivity index (χ0) is 15.4. The third-order valence-corrected chi connectivity index (χ3v) is 4.27. The average molecular weight is 388 g/mol. The molecule has 0 aliphatic carbocycles. The van der Waals surface area contributed by atoms with Crippen LogP contribution in [-0.2, 0) is 17.6 Å². The Hall–Kier alpha value is -1.03. The number of rotatable bonds is 5. The van der Waals surface area contributed by atoms with Crippen molar-refractivity contribution in [2.24, 2.45) is 0 Å². The van der Waals surface area contributed by atoms with E-state index in [9.17, 15) is 4.79 Å². The number of Topliss-reactive ketones (excluding diaryl/α,β-unsaturated/α-hetero) is 1. The van der Waals surface area contributed by atoms with Crippen LogP contribution in [-0.4, -0.2) is 12.9 Å². The van der Waals surface area contributed by atoms with Crippen molar-refractivity contribution in [2.75, 3.05) is 7.11 Å². The van der Waals surface area contributed by atoms with Crippen LogP contribution >= 0.6 is 39.1 Å². The Morgan fingerprint density at radius 3 is 2.43 bits per heavy atom. The van der Waals surface area contributed by atoms with Crippen LogP contribution in [0.4, 0.5) is 0 Å². The molecule has 2 rings (SSSR count). The van der Waals surface area contributed by atoms with Crippen molar-refractivity contribution in [3.05, 3.63) is 62.0 Å². The van der Waals surface area contributed by atoms with Crippen molar-refractivity contribution < 1.29 is 9.53 Å². The lowest BCUT2D eigenvalue weighted by Crippen LogP contribution is -2.08. The van der Waals surface area contributed by atoms with Gasteiger partial charge < -0.3 is 4.74 Å². The molecule has 0 N–H and O–H groups in total. The number of hydrogen-bond donors (Lipinski definition) is 0. The fourth-order valence-corrected chi connectivity index (χ4v) is 3.00.